The third-order valence-corrected chi connectivity index (χ3v) is 1.98. The molecule has 78 valence electrons. The third-order valence-electron chi connectivity index (χ3n) is 1.98. The minimum Gasteiger partial charge on any atom is -0.435 e. The fourth-order valence-electron chi connectivity index (χ4n) is 1.41. The molecule has 0 unspecified atom stereocenters. The number of allylic oxidation sites excluding steroid dienone is 2. The lowest BCUT2D eigenvalue weighted by atomic mass is 10.2. The zero-order chi connectivity index (χ0) is 10.8. The molecule has 0 aliphatic carbocycles. The lowest BCUT2D eigenvalue weighted by molar-refractivity contribution is 0.448. The highest BCUT2D eigenvalue weighted by Crippen LogP contribution is 2.27. The summed E-state index contributed by atoms with van der Waals surface area (Å²) in [7, 11) is 0. The number of rotatable bonds is 1. The Hall–Kier alpha value is -1.71. The first-order chi connectivity index (χ1) is 7.22. The van der Waals surface area contributed by atoms with Crippen LogP contribution >= 0.6 is 0 Å². The number of aromatic nitrogens is 2. The number of ether oxygens (including phenoxy) is 1. The molecule has 2 rings (SSSR count). The summed E-state index contributed by atoms with van der Waals surface area (Å²) in [5.41, 5.74) is 1.54. The Bertz CT molecular complexity index is 435. The highest BCUT2D eigenvalue weighted by atomic mass is 16.5. The molecule has 0 saturated carbocycles. The van der Waals surface area contributed by atoms with Crippen LogP contribution in [0, 0.1) is 0 Å². The Morgan fingerprint density at radius 2 is 2.07 bits per heavy atom. The van der Waals surface area contributed by atoms with E-state index in [-0.39, 0.29) is 6.04 Å². The topological polar surface area (TPSA) is 47.4 Å². The summed E-state index contributed by atoms with van der Waals surface area (Å²) in [5, 5.41) is 0. The maximum absolute atomic E-state index is 5.53. The fourth-order valence-corrected chi connectivity index (χ4v) is 1.41. The minimum atomic E-state index is 0.214. The normalized spacial score (nSPS) is 19.7. The molecule has 0 N–H and O–H groups in total. The van der Waals surface area contributed by atoms with E-state index in [1.54, 1.807) is 12.4 Å². The maximum Gasteiger partial charge on any atom is 0.247 e. The van der Waals surface area contributed by atoms with Crippen LogP contribution in [0.15, 0.2) is 29.2 Å². The van der Waals surface area contributed by atoms with Crippen LogP contribution in [0.1, 0.15) is 26.5 Å². The summed E-state index contributed by atoms with van der Waals surface area (Å²) in [6, 6.07) is 0.214. The Balaban J connectivity index is 2.52. The second kappa shape index (κ2) is 3.81. The van der Waals surface area contributed by atoms with Crippen molar-refractivity contribution in [2.24, 2.45) is 4.99 Å². The summed E-state index contributed by atoms with van der Waals surface area (Å²) in [6.45, 7) is 5.96. The van der Waals surface area contributed by atoms with Crippen molar-refractivity contribution >= 4 is 5.71 Å². The predicted octanol–water partition coefficient (Wildman–Crippen LogP) is 1.97. The molecule has 1 aromatic heterocycles. The second-order valence-electron chi connectivity index (χ2n) is 3.54. The fraction of sp³-hybridized carbons (Fsp3) is 0.364. The summed E-state index contributed by atoms with van der Waals surface area (Å²) >= 11 is 0. The van der Waals surface area contributed by atoms with E-state index in [4.69, 9.17) is 4.74 Å². The van der Waals surface area contributed by atoms with E-state index in [1.807, 2.05) is 26.8 Å². The molecule has 0 fully saturated rings. The monoisotopic (exact) mass is 203 g/mol. The standard InChI is InChI=1S/C11H13N3O/c1-4-8-9(14-7(2)3)10-11(15-8)13-6-5-12-10/h4-7H,1-3H3/b8-4+,14-9+. The lowest BCUT2D eigenvalue weighted by Gasteiger charge is -2.00. The molecule has 2 heterocycles. The molecule has 0 saturated heterocycles. The van der Waals surface area contributed by atoms with Crippen molar-refractivity contribution in [3.8, 4) is 5.88 Å². The van der Waals surface area contributed by atoms with E-state index in [0.717, 1.165) is 17.2 Å². The zero-order valence-corrected chi connectivity index (χ0v) is 9.06. The molecule has 0 spiro atoms. The lowest BCUT2D eigenvalue weighted by Crippen LogP contribution is -2.05. The van der Waals surface area contributed by atoms with Crippen LogP contribution < -0.4 is 4.74 Å². The van der Waals surface area contributed by atoms with E-state index in [2.05, 4.69) is 15.0 Å². The Morgan fingerprint density at radius 3 is 2.73 bits per heavy atom. The average Bonchev–Trinajstić information content (AvgIpc) is 2.56. The van der Waals surface area contributed by atoms with Crippen LogP contribution in [-0.2, 0) is 0 Å². The smallest absolute Gasteiger partial charge is 0.247 e. The molecule has 4 nitrogen and oxygen atoms in total. The van der Waals surface area contributed by atoms with Gasteiger partial charge in [0.1, 0.15) is 5.71 Å². The minimum absolute atomic E-state index is 0.214. The van der Waals surface area contributed by atoms with Crippen molar-refractivity contribution in [1.29, 1.82) is 0 Å². The Kier molecular flexibility index (Phi) is 2.49. The van der Waals surface area contributed by atoms with Crippen molar-refractivity contribution in [2.45, 2.75) is 26.8 Å². The first kappa shape index (κ1) is 9.83. The van der Waals surface area contributed by atoms with Gasteiger partial charge in [0.2, 0.25) is 5.88 Å². The molecule has 0 radical (unpaired) electrons. The molecule has 4 heteroatoms. The van der Waals surface area contributed by atoms with Crippen molar-refractivity contribution < 1.29 is 4.74 Å². The molecule has 15 heavy (non-hydrogen) atoms. The van der Waals surface area contributed by atoms with Gasteiger partial charge in [-0.05, 0) is 26.8 Å². The van der Waals surface area contributed by atoms with Gasteiger partial charge in [-0.25, -0.2) is 9.97 Å². The predicted molar refractivity (Wildman–Crippen MR) is 58.1 cm³/mol. The van der Waals surface area contributed by atoms with E-state index in [0.29, 0.717) is 5.88 Å². The van der Waals surface area contributed by atoms with Gasteiger partial charge in [-0.15, -0.1) is 0 Å². The summed E-state index contributed by atoms with van der Waals surface area (Å²) in [5.74, 6) is 1.29. The molecule has 0 amide bonds. The van der Waals surface area contributed by atoms with Crippen LogP contribution in [0.4, 0.5) is 0 Å². The van der Waals surface area contributed by atoms with Gasteiger partial charge in [-0.2, -0.15) is 0 Å². The van der Waals surface area contributed by atoms with E-state index in [1.165, 1.54) is 0 Å². The number of hydrogen-bond donors (Lipinski definition) is 0. The first-order valence-corrected chi connectivity index (χ1v) is 4.96. The summed E-state index contributed by atoms with van der Waals surface area (Å²) in [4.78, 5) is 12.8. The van der Waals surface area contributed by atoms with Gasteiger partial charge in [0.25, 0.3) is 0 Å². The van der Waals surface area contributed by atoms with Gasteiger partial charge in [0.15, 0.2) is 11.5 Å². The van der Waals surface area contributed by atoms with Crippen LogP contribution in [0.2, 0.25) is 0 Å². The van der Waals surface area contributed by atoms with E-state index in [9.17, 15) is 0 Å². The molecular formula is C11H13N3O. The molecular weight excluding hydrogens is 190 g/mol. The average molecular weight is 203 g/mol. The summed E-state index contributed by atoms with van der Waals surface area (Å²) < 4.78 is 5.53. The van der Waals surface area contributed by atoms with E-state index >= 15 is 0 Å². The van der Waals surface area contributed by atoms with Gasteiger partial charge in [-0.1, -0.05) is 0 Å². The van der Waals surface area contributed by atoms with Gasteiger partial charge in [0, 0.05) is 18.4 Å². The zero-order valence-electron chi connectivity index (χ0n) is 9.06. The third kappa shape index (κ3) is 1.75. The van der Waals surface area contributed by atoms with Gasteiger partial charge >= 0.3 is 0 Å². The Morgan fingerprint density at radius 1 is 1.33 bits per heavy atom. The van der Waals surface area contributed by atoms with Gasteiger partial charge < -0.3 is 4.74 Å². The highest BCUT2D eigenvalue weighted by Gasteiger charge is 2.27. The van der Waals surface area contributed by atoms with Crippen LogP contribution in [0.25, 0.3) is 0 Å². The summed E-state index contributed by atoms with van der Waals surface area (Å²) in [6.07, 6.45) is 5.14. The molecule has 1 aliphatic rings. The van der Waals surface area contributed by atoms with E-state index < -0.39 is 0 Å². The van der Waals surface area contributed by atoms with Crippen molar-refractivity contribution in [1.82, 2.24) is 9.97 Å². The number of aliphatic imine (C=N–C) groups is 1. The molecule has 0 atom stereocenters. The van der Waals surface area contributed by atoms with Crippen LogP contribution in [0.3, 0.4) is 0 Å². The van der Waals surface area contributed by atoms with Crippen molar-refractivity contribution in [3.05, 3.63) is 29.9 Å². The number of nitrogens with zero attached hydrogens (tertiary/aromatic N) is 3. The quantitative estimate of drug-likeness (QED) is 0.701. The highest BCUT2D eigenvalue weighted by molar-refractivity contribution is 6.14. The maximum atomic E-state index is 5.53. The molecule has 0 bridgehead atoms. The molecule has 1 aromatic rings. The van der Waals surface area contributed by atoms with Crippen LogP contribution in [-0.4, -0.2) is 21.7 Å². The van der Waals surface area contributed by atoms with Crippen LogP contribution in [0.5, 0.6) is 5.88 Å². The second-order valence-corrected chi connectivity index (χ2v) is 3.54. The van der Waals surface area contributed by atoms with Crippen molar-refractivity contribution in [2.75, 3.05) is 0 Å². The Labute approximate surface area is 88.7 Å². The first-order valence-electron chi connectivity index (χ1n) is 4.96. The molecule has 0 aromatic carbocycles. The van der Waals surface area contributed by atoms with Gasteiger partial charge in [0.05, 0.1) is 0 Å². The SMILES string of the molecule is C/C=C1/Oc2nccnc2/C1=N/C(C)C. The van der Waals surface area contributed by atoms with Crippen molar-refractivity contribution in [3.63, 3.8) is 0 Å². The molecule has 1 aliphatic heterocycles. The number of hydrogen-bond acceptors (Lipinski definition) is 4. The van der Waals surface area contributed by atoms with Gasteiger partial charge in [-0.3, -0.25) is 4.99 Å². The largest absolute Gasteiger partial charge is 0.435 e. The number of fused-ring (bicyclic) bond motifs is 1.